The molecular weight excluding hydrogens is 134 g/mol. The molecule has 2 aliphatic rings. The summed E-state index contributed by atoms with van der Waals surface area (Å²) in [5.41, 5.74) is 2.28. The minimum Gasteiger partial charge on any atom is -0.306 e. The van der Waals surface area contributed by atoms with E-state index in [0.717, 1.165) is 0 Å². The van der Waals surface area contributed by atoms with Gasteiger partial charge in [-0.2, -0.15) is 0 Å². The largest absolute Gasteiger partial charge is 0.306 e. The smallest absolute Gasteiger partial charge is 0.00414 e. The number of allylic oxidation sites excluding steroid dienone is 2. The SMILES string of the molecule is CC1=CCC2(CCN(C)C2)C1. The van der Waals surface area contributed by atoms with E-state index in [1.165, 1.54) is 32.4 Å². The van der Waals surface area contributed by atoms with Crippen molar-refractivity contribution in [2.24, 2.45) is 5.41 Å². The Labute approximate surface area is 69.1 Å². The van der Waals surface area contributed by atoms with Crippen molar-refractivity contribution in [2.45, 2.75) is 26.2 Å². The van der Waals surface area contributed by atoms with Gasteiger partial charge in [-0.05, 0) is 45.2 Å². The van der Waals surface area contributed by atoms with Gasteiger partial charge in [0.25, 0.3) is 0 Å². The molecule has 0 aromatic rings. The van der Waals surface area contributed by atoms with Crippen LogP contribution in [0.4, 0.5) is 0 Å². The van der Waals surface area contributed by atoms with Gasteiger partial charge in [-0.3, -0.25) is 0 Å². The Hall–Kier alpha value is -0.300. The molecule has 1 unspecified atom stereocenters. The molecule has 0 N–H and O–H groups in total. The van der Waals surface area contributed by atoms with Crippen molar-refractivity contribution in [3.8, 4) is 0 Å². The van der Waals surface area contributed by atoms with Crippen LogP contribution in [0.5, 0.6) is 0 Å². The second-order valence-corrected chi connectivity index (χ2v) is 4.42. The molecule has 11 heavy (non-hydrogen) atoms. The number of nitrogens with zero attached hydrogens (tertiary/aromatic N) is 1. The summed E-state index contributed by atoms with van der Waals surface area (Å²) >= 11 is 0. The average molecular weight is 151 g/mol. The van der Waals surface area contributed by atoms with Crippen molar-refractivity contribution in [1.82, 2.24) is 4.90 Å². The van der Waals surface area contributed by atoms with Crippen LogP contribution in [0.2, 0.25) is 0 Å². The average Bonchev–Trinajstić information content (AvgIpc) is 2.44. The van der Waals surface area contributed by atoms with Gasteiger partial charge in [-0.15, -0.1) is 0 Å². The minimum absolute atomic E-state index is 0.666. The summed E-state index contributed by atoms with van der Waals surface area (Å²) in [4.78, 5) is 2.46. The lowest BCUT2D eigenvalue weighted by atomic mass is 9.84. The molecule has 0 aromatic heterocycles. The Balaban J connectivity index is 2.05. The zero-order chi connectivity index (χ0) is 7.90. The molecule has 1 nitrogen and oxygen atoms in total. The number of likely N-dealkylation sites (tertiary alicyclic amines) is 1. The molecule has 1 fully saturated rings. The highest BCUT2D eigenvalue weighted by molar-refractivity contribution is 5.14. The van der Waals surface area contributed by atoms with E-state index in [-0.39, 0.29) is 0 Å². The van der Waals surface area contributed by atoms with E-state index < -0.39 is 0 Å². The summed E-state index contributed by atoms with van der Waals surface area (Å²) in [7, 11) is 2.24. The molecule has 0 aromatic carbocycles. The van der Waals surface area contributed by atoms with E-state index in [4.69, 9.17) is 0 Å². The topological polar surface area (TPSA) is 3.24 Å². The fourth-order valence-electron chi connectivity index (χ4n) is 2.60. The lowest BCUT2D eigenvalue weighted by molar-refractivity contribution is 0.297. The monoisotopic (exact) mass is 151 g/mol. The first kappa shape index (κ1) is 7.35. The fourth-order valence-corrected chi connectivity index (χ4v) is 2.60. The molecule has 2 rings (SSSR count). The fraction of sp³-hybridized carbons (Fsp3) is 0.800. The Morgan fingerprint density at radius 1 is 1.55 bits per heavy atom. The summed E-state index contributed by atoms with van der Waals surface area (Å²) in [6.45, 7) is 4.90. The van der Waals surface area contributed by atoms with Gasteiger partial charge in [-0.25, -0.2) is 0 Å². The zero-order valence-electron chi connectivity index (χ0n) is 7.56. The normalized spacial score (nSPS) is 38.5. The lowest BCUT2D eigenvalue weighted by Crippen LogP contribution is -2.22. The summed E-state index contributed by atoms with van der Waals surface area (Å²) in [5.74, 6) is 0. The molecule has 0 radical (unpaired) electrons. The Morgan fingerprint density at radius 2 is 2.36 bits per heavy atom. The van der Waals surface area contributed by atoms with Crippen LogP contribution in [-0.4, -0.2) is 25.0 Å². The van der Waals surface area contributed by atoms with E-state index in [1.54, 1.807) is 5.57 Å². The zero-order valence-corrected chi connectivity index (χ0v) is 7.56. The first-order valence-electron chi connectivity index (χ1n) is 4.54. The van der Waals surface area contributed by atoms with Crippen LogP contribution in [0, 0.1) is 5.41 Å². The molecule has 1 atom stereocenters. The third-order valence-electron chi connectivity index (χ3n) is 3.17. The Kier molecular flexibility index (Phi) is 1.57. The van der Waals surface area contributed by atoms with Crippen molar-refractivity contribution in [3.63, 3.8) is 0 Å². The first-order chi connectivity index (χ1) is 5.20. The van der Waals surface area contributed by atoms with Gasteiger partial charge < -0.3 is 4.90 Å². The minimum atomic E-state index is 0.666. The van der Waals surface area contributed by atoms with Crippen molar-refractivity contribution in [1.29, 1.82) is 0 Å². The highest BCUT2D eigenvalue weighted by Gasteiger charge is 2.38. The van der Waals surface area contributed by atoms with Crippen LogP contribution in [-0.2, 0) is 0 Å². The molecular formula is C10H17N. The van der Waals surface area contributed by atoms with Crippen molar-refractivity contribution in [2.75, 3.05) is 20.1 Å². The van der Waals surface area contributed by atoms with Gasteiger partial charge in [0.2, 0.25) is 0 Å². The first-order valence-corrected chi connectivity index (χ1v) is 4.54. The maximum Gasteiger partial charge on any atom is 0.00414 e. The van der Waals surface area contributed by atoms with Gasteiger partial charge >= 0.3 is 0 Å². The lowest BCUT2D eigenvalue weighted by Gasteiger charge is -2.22. The number of hydrogen-bond acceptors (Lipinski definition) is 1. The Bertz CT molecular complexity index is 195. The number of hydrogen-bond donors (Lipinski definition) is 0. The molecule has 62 valence electrons. The molecule has 0 bridgehead atoms. The number of rotatable bonds is 0. The third kappa shape index (κ3) is 1.22. The molecule has 1 aliphatic heterocycles. The molecule has 1 heterocycles. The maximum atomic E-state index is 2.46. The van der Waals surface area contributed by atoms with E-state index >= 15 is 0 Å². The highest BCUT2D eigenvalue weighted by atomic mass is 15.1. The standard InChI is InChI=1S/C10H17N/c1-9-3-4-10(7-9)5-6-11(2)8-10/h3H,4-8H2,1-2H3. The maximum absolute atomic E-state index is 2.46. The van der Waals surface area contributed by atoms with Crippen molar-refractivity contribution >= 4 is 0 Å². The summed E-state index contributed by atoms with van der Waals surface area (Å²) in [6.07, 6.45) is 6.54. The van der Waals surface area contributed by atoms with E-state index in [2.05, 4.69) is 24.9 Å². The van der Waals surface area contributed by atoms with Crippen LogP contribution in [0.15, 0.2) is 11.6 Å². The molecule has 0 amide bonds. The van der Waals surface area contributed by atoms with Gasteiger partial charge in [0.1, 0.15) is 0 Å². The molecule has 1 aliphatic carbocycles. The van der Waals surface area contributed by atoms with E-state index in [9.17, 15) is 0 Å². The van der Waals surface area contributed by atoms with Crippen molar-refractivity contribution in [3.05, 3.63) is 11.6 Å². The second kappa shape index (κ2) is 2.34. The Morgan fingerprint density at radius 3 is 2.82 bits per heavy atom. The van der Waals surface area contributed by atoms with Gasteiger partial charge in [0.05, 0.1) is 0 Å². The summed E-state index contributed by atoms with van der Waals surface area (Å²) in [6, 6.07) is 0. The quantitative estimate of drug-likeness (QED) is 0.479. The van der Waals surface area contributed by atoms with Gasteiger partial charge in [0, 0.05) is 6.54 Å². The van der Waals surface area contributed by atoms with Crippen molar-refractivity contribution < 1.29 is 0 Å². The van der Waals surface area contributed by atoms with Crippen LogP contribution < -0.4 is 0 Å². The van der Waals surface area contributed by atoms with Gasteiger partial charge in [-0.1, -0.05) is 11.6 Å². The summed E-state index contributed by atoms with van der Waals surface area (Å²) in [5, 5.41) is 0. The van der Waals surface area contributed by atoms with Crippen LogP contribution in [0.3, 0.4) is 0 Å². The van der Waals surface area contributed by atoms with Crippen LogP contribution in [0.25, 0.3) is 0 Å². The highest BCUT2D eigenvalue weighted by Crippen LogP contribution is 2.43. The van der Waals surface area contributed by atoms with Gasteiger partial charge in [0.15, 0.2) is 0 Å². The molecule has 0 saturated carbocycles. The molecule has 1 heteroatoms. The molecule has 1 saturated heterocycles. The summed E-state index contributed by atoms with van der Waals surface area (Å²) < 4.78 is 0. The van der Waals surface area contributed by atoms with E-state index in [0.29, 0.717) is 5.41 Å². The predicted octanol–water partition coefficient (Wildman–Crippen LogP) is 2.05. The predicted molar refractivity (Wildman–Crippen MR) is 47.5 cm³/mol. The second-order valence-electron chi connectivity index (χ2n) is 4.42. The van der Waals surface area contributed by atoms with Crippen LogP contribution >= 0.6 is 0 Å². The van der Waals surface area contributed by atoms with E-state index in [1.807, 2.05) is 0 Å². The van der Waals surface area contributed by atoms with Crippen LogP contribution in [0.1, 0.15) is 26.2 Å². The molecule has 1 spiro atoms. The third-order valence-corrected chi connectivity index (χ3v) is 3.17.